The van der Waals surface area contributed by atoms with E-state index in [1.807, 2.05) is 50.4 Å². The molecule has 0 fully saturated rings. The molecule has 2 amide bonds. The number of urea groups is 1. The highest BCUT2D eigenvalue weighted by atomic mass is 32.2. The van der Waals surface area contributed by atoms with Crippen molar-refractivity contribution in [2.45, 2.75) is 25.9 Å². The summed E-state index contributed by atoms with van der Waals surface area (Å²) in [7, 11) is -0.939. The van der Waals surface area contributed by atoms with E-state index < -0.39 is 10.8 Å². The molecule has 0 saturated carbocycles. The number of nitrogens with one attached hydrogen (secondary N) is 2. The Balaban J connectivity index is 2.05. The molecule has 2 N–H and O–H groups in total. The lowest BCUT2D eigenvalue weighted by Gasteiger charge is -2.20. The molecule has 6 nitrogen and oxygen atoms in total. The topological polar surface area (TPSA) is 76.0 Å². The summed E-state index contributed by atoms with van der Waals surface area (Å²) in [6, 6.07) is 9.05. The third kappa shape index (κ3) is 4.92. The summed E-state index contributed by atoms with van der Waals surface area (Å²) in [6.07, 6.45) is 5.21. The van der Waals surface area contributed by atoms with Crippen molar-refractivity contribution in [2.75, 3.05) is 12.0 Å². The van der Waals surface area contributed by atoms with Gasteiger partial charge < -0.3 is 10.6 Å². The van der Waals surface area contributed by atoms with Crippen LogP contribution in [0, 0.1) is 0 Å². The van der Waals surface area contributed by atoms with Gasteiger partial charge in [-0.15, -0.1) is 0 Å². The summed E-state index contributed by atoms with van der Waals surface area (Å²) in [5, 5.41) is 9.96. The van der Waals surface area contributed by atoms with Gasteiger partial charge in [0.2, 0.25) is 0 Å². The van der Waals surface area contributed by atoms with Crippen LogP contribution in [-0.4, -0.2) is 38.1 Å². The van der Waals surface area contributed by atoms with Crippen LogP contribution in [0.1, 0.15) is 25.5 Å². The van der Waals surface area contributed by atoms with Crippen molar-refractivity contribution in [1.29, 1.82) is 0 Å². The molecule has 124 valence electrons. The van der Waals surface area contributed by atoms with Gasteiger partial charge in [-0.25, -0.2) is 9.48 Å². The van der Waals surface area contributed by atoms with Gasteiger partial charge in [-0.3, -0.25) is 4.21 Å². The van der Waals surface area contributed by atoms with Crippen LogP contribution in [0.5, 0.6) is 0 Å². The van der Waals surface area contributed by atoms with Gasteiger partial charge in [0.15, 0.2) is 0 Å². The number of rotatable bonds is 6. The molecule has 0 aliphatic rings. The molecule has 2 aromatic rings. The fraction of sp³-hybridized carbons (Fsp3) is 0.375. The average Bonchev–Trinajstić information content (AvgIpc) is 3.00. The van der Waals surface area contributed by atoms with E-state index in [1.54, 1.807) is 17.1 Å². The molecule has 0 aliphatic heterocycles. The zero-order valence-corrected chi connectivity index (χ0v) is 14.3. The van der Waals surface area contributed by atoms with Crippen molar-refractivity contribution in [3.05, 3.63) is 48.3 Å². The molecule has 1 aromatic carbocycles. The number of benzene rings is 1. The second-order valence-corrected chi connectivity index (χ2v) is 6.97. The maximum Gasteiger partial charge on any atom is 0.315 e. The minimum atomic E-state index is -0.939. The van der Waals surface area contributed by atoms with Crippen LogP contribution in [0.15, 0.2) is 42.7 Å². The highest BCUT2D eigenvalue weighted by Crippen LogP contribution is 2.20. The van der Waals surface area contributed by atoms with E-state index in [2.05, 4.69) is 15.7 Å². The first kappa shape index (κ1) is 17.2. The summed E-state index contributed by atoms with van der Waals surface area (Å²) in [4.78, 5) is 12.1. The quantitative estimate of drug-likeness (QED) is 0.848. The first-order valence-corrected chi connectivity index (χ1v) is 9.16. The van der Waals surface area contributed by atoms with Crippen molar-refractivity contribution >= 4 is 16.8 Å². The Morgan fingerprint density at radius 3 is 2.65 bits per heavy atom. The number of amides is 2. The van der Waals surface area contributed by atoms with Crippen LogP contribution < -0.4 is 10.6 Å². The molecule has 2 rings (SSSR count). The number of carbonyl (C=O) groups excluding carboxylic acids is 1. The molecule has 0 radical (unpaired) electrons. The Kier molecular flexibility index (Phi) is 5.92. The lowest BCUT2D eigenvalue weighted by Crippen LogP contribution is -2.43. The van der Waals surface area contributed by atoms with E-state index >= 15 is 0 Å². The summed E-state index contributed by atoms with van der Waals surface area (Å²) in [5.41, 5.74) is 1.89. The zero-order chi connectivity index (χ0) is 16.8. The van der Waals surface area contributed by atoms with E-state index in [9.17, 15) is 9.00 Å². The maximum absolute atomic E-state index is 12.1. The Hall–Kier alpha value is -2.15. The van der Waals surface area contributed by atoms with Gasteiger partial charge in [-0.2, -0.15) is 5.10 Å². The van der Waals surface area contributed by atoms with Crippen molar-refractivity contribution in [3.8, 4) is 5.69 Å². The Morgan fingerprint density at radius 2 is 2.00 bits per heavy atom. The van der Waals surface area contributed by atoms with E-state index in [1.165, 1.54) is 0 Å². The van der Waals surface area contributed by atoms with Crippen molar-refractivity contribution in [1.82, 2.24) is 20.4 Å². The molecule has 0 aliphatic carbocycles. The summed E-state index contributed by atoms with van der Waals surface area (Å²) in [5.74, 6) is 0.436. The molecule has 1 heterocycles. The van der Waals surface area contributed by atoms with Gasteiger partial charge >= 0.3 is 6.03 Å². The lowest BCUT2D eigenvalue weighted by atomic mass is 10.1. The van der Waals surface area contributed by atoms with Gasteiger partial charge in [0.05, 0.1) is 11.7 Å². The zero-order valence-electron chi connectivity index (χ0n) is 13.5. The van der Waals surface area contributed by atoms with Crippen LogP contribution in [0.25, 0.3) is 5.69 Å². The Labute approximate surface area is 138 Å². The first-order chi connectivity index (χ1) is 11.0. The maximum atomic E-state index is 12.1. The Morgan fingerprint density at radius 1 is 1.26 bits per heavy atom. The number of carbonyl (C=O) groups is 1. The predicted octanol–water partition coefficient (Wildman–Crippen LogP) is 2.00. The van der Waals surface area contributed by atoms with Gasteiger partial charge in [-0.1, -0.05) is 18.2 Å². The van der Waals surface area contributed by atoms with E-state index in [4.69, 9.17) is 0 Å². The van der Waals surface area contributed by atoms with Crippen LogP contribution in [0.2, 0.25) is 0 Å². The van der Waals surface area contributed by atoms with Gasteiger partial charge in [0.1, 0.15) is 0 Å². The normalized spacial score (nSPS) is 14.7. The molecule has 0 bridgehead atoms. The van der Waals surface area contributed by atoms with Gasteiger partial charge in [0, 0.05) is 41.2 Å². The van der Waals surface area contributed by atoms with Crippen LogP contribution >= 0.6 is 0 Å². The molecule has 0 saturated heterocycles. The van der Waals surface area contributed by atoms with Gasteiger partial charge in [-0.05, 0) is 31.5 Å². The highest BCUT2D eigenvalue weighted by Gasteiger charge is 2.15. The third-order valence-corrected chi connectivity index (χ3v) is 4.33. The van der Waals surface area contributed by atoms with Crippen molar-refractivity contribution < 1.29 is 9.00 Å². The molecule has 7 heteroatoms. The number of nitrogens with zero attached hydrogens (tertiary/aromatic N) is 2. The smallest absolute Gasteiger partial charge is 0.315 e. The molecular formula is C16H22N4O2S. The molecule has 3 atom stereocenters. The summed E-state index contributed by atoms with van der Waals surface area (Å²) >= 11 is 0. The highest BCUT2D eigenvalue weighted by molar-refractivity contribution is 7.84. The minimum absolute atomic E-state index is 0.144. The fourth-order valence-electron chi connectivity index (χ4n) is 2.41. The average molecular weight is 334 g/mol. The largest absolute Gasteiger partial charge is 0.335 e. The van der Waals surface area contributed by atoms with E-state index in [0.717, 1.165) is 11.3 Å². The standard InChI is InChI=1S/C16H22N4O2S/c1-12(11-23(3)22)18-16(21)19-13(2)14-7-4-5-8-15(14)20-10-6-9-17-20/h4-10,12-13H,11H2,1-3H3,(H2,18,19,21)/t12-,13+,23-/m1/s1. The van der Waals surface area contributed by atoms with Crippen LogP contribution in [0.3, 0.4) is 0 Å². The van der Waals surface area contributed by atoms with Crippen molar-refractivity contribution in [3.63, 3.8) is 0 Å². The predicted molar refractivity (Wildman–Crippen MR) is 92.0 cm³/mol. The molecular weight excluding hydrogens is 312 g/mol. The van der Waals surface area contributed by atoms with Crippen LogP contribution in [-0.2, 0) is 10.8 Å². The molecule has 0 unspecified atom stereocenters. The number of aromatic nitrogens is 2. The summed E-state index contributed by atoms with van der Waals surface area (Å²) < 4.78 is 13.0. The fourth-order valence-corrected chi connectivity index (χ4v) is 3.19. The number of hydrogen-bond acceptors (Lipinski definition) is 3. The van der Waals surface area contributed by atoms with E-state index in [0.29, 0.717) is 5.75 Å². The molecule has 1 aromatic heterocycles. The first-order valence-electron chi connectivity index (χ1n) is 7.43. The van der Waals surface area contributed by atoms with Gasteiger partial charge in [0.25, 0.3) is 0 Å². The van der Waals surface area contributed by atoms with Crippen molar-refractivity contribution in [2.24, 2.45) is 0 Å². The SMILES string of the molecule is C[C@H](C[S@@](C)=O)NC(=O)N[C@@H](C)c1ccccc1-n1cccn1. The second kappa shape index (κ2) is 7.92. The third-order valence-electron chi connectivity index (χ3n) is 3.36. The minimum Gasteiger partial charge on any atom is -0.335 e. The molecule has 23 heavy (non-hydrogen) atoms. The lowest BCUT2D eigenvalue weighted by molar-refractivity contribution is 0.235. The molecule has 0 spiro atoms. The number of para-hydroxylation sites is 1. The monoisotopic (exact) mass is 334 g/mol. The van der Waals surface area contributed by atoms with Crippen LogP contribution in [0.4, 0.5) is 4.79 Å². The second-order valence-electron chi connectivity index (χ2n) is 5.49. The van der Waals surface area contributed by atoms with E-state index in [-0.39, 0.29) is 18.1 Å². The Bertz CT molecular complexity index is 672. The number of hydrogen-bond donors (Lipinski definition) is 2. The summed E-state index contributed by atoms with van der Waals surface area (Å²) in [6.45, 7) is 3.76.